The second-order valence-corrected chi connectivity index (χ2v) is 9.12. The highest BCUT2D eigenvalue weighted by Crippen LogP contribution is 2.32. The summed E-state index contributed by atoms with van der Waals surface area (Å²) in [6, 6.07) is 2.08. The highest BCUT2D eigenvalue weighted by atomic mass is 19.4. The van der Waals surface area contributed by atoms with Crippen LogP contribution in [0.4, 0.5) is 17.6 Å². The molecule has 1 aliphatic heterocycles. The van der Waals surface area contributed by atoms with Crippen LogP contribution in [0.5, 0.6) is 0 Å². The van der Waals surface area contributed by atoms with Gasteiger partial charge >= 0.3 is 6.18 Å². The molecule has 2 fully saturated rings. The maximum absolute atomic E-state index is 14.1. The topological polar surface area (TPSA) is 88.7 Å². The van der Waals surface area contributed by atoms with Crippen molar-refractivity contribution in [3.63, 3.8) is 0 Å². The molecule has 2 heterocycles. The first-order valence-corrected chi connectivity index (χ1v) is 11.4. The van der Waals surface area contributed by atoms with Gasteiger partial charge in [-0.3, -0.25) is 14.5 Å². The van der Waals surface area contributed by atoms with Crippen LogP contribution in [0.3, 0.4) is 0 Å². The van der Waals surface area contributed by atoms with Crippen LogP contribution in [0.15, 0.2) is 18.2 Å². The summed E-state index contributed by atoms with van der Waals surface area (Å²) in [6.45, 7) is 0.650. The number of fused-ring (bicyclic) bond motifs is 1. The number of hydrogen-bond donors (Lipinski definition) is 3. The Hall–Kier alpha value is -2.66. The first kappa shape index (κ1) is 24.5. The molecule has 1 aromatic carbocycles. The van der Waals surface area contributed by atoms with E-state index in [-0.39, 0.29) is 43.3 Å². The quantitative estimate of drug-likeness (QED) is 0.583. The van der Waals surface area contributed by atoms with E-state index in [4.69, 9.17) is 5.11 Å². The third-order valence-corrected chi connectivity index (χ3v) is 6.94. The number of aliphatic hydroxyl groups is 1. The molecule has 1 aliphatic carbocycles. The van der Waals surface area contributed by atoms with E-state index in [1.165, 1.54) is 12.1 Å². The molecular weight excluding hydrogens is 456 g/mol. The van der Waals surface area contributed by atoms with Crippen molar-refractivity contribution in [1.82, 2.24) is 20.1 Å². The van der Waals surface area contributed by atoms with Crippen molar-refractivity contribution in [3.8, 4) is 0 Å². The predicted octanol–water partition coefficient (Wildman–Crippen LogP) is 2.72. The molecule has 3 N–H and O–H groups in total. The Balaban J connectivity index is 1.42. The van der Waals surface area contributed by atoms with Gasteiger partial charge in [-0.15, -0.1) is 0 Å². The Bertz CT molecular complexity index is 1030. The van der Waals surface area contributed by atoms with Gasteiger partial charge in [-0.1, -0.05) is 6.07 Å². The first-order chi connectivity index (χ1) is 16.1. The normalized spacial score (nSPS) is 24.4. The predicted molar refractivity (Wildman–Crippen MR) is 117 cm³/mol. The zero-order chi connectivity index (χ0) is 24.6. The minimum absolute atomic E-state index is 0.114. The summed E-state index contributed by atoms with van der Waals surface area (Å²) in [4.78, 5) is 30.0. The highest BCUT2D eigenvalue weighted by molar-refractivity contribution is 5.99. The zero-order valence-corrected chi connectivity index (χ0v) is 18.8. The Morgan fingerprint density at radius 2 is 2.00 bits per heavy atom. The average Bonchev–Trinajstić information content (AvgIpc) is 3.27. The number of halogens is 4. The van der Waals surface area contributed by atoms with E-state index in [1.54, 1.807) is 11.0 Å². The fourth-order valence-corrected chi connectivity index (χ4v) is 5.14. The number of aromatic amines is 1. The summed E-state index contributed by atoms with van der Waals surface area (Å²) >= 11 is 0. The molecule has 11 heteroatoms. The van der Waals surface area contributed by atoms with Crippen molar-refractivity contribution in [1.29, 1.82) is 0 Å². The average molecular weight is 484 g/mol. The number of nitrogens with zero attached hydrogens (tertiary/aromatic N) is 2. The minimum Gasteiger partial charge on any atom is -0.387 e. The number of H-pyrrole nitrogens is 1. The fourth-order valence-electron chi connectivity index (χ4n) is 5.14. The van der Waals surface area contributed by atoms with Gasteiger partial charge in [-0.25, -0.2) is 4.39 Å². The van der Waals surface area contributed by atoms with Crippen LogP contribution >= 0.6 is 0 Å². The molecule has 186 valence electrons. The third-order valence-electron chi connectivity index (χ3n) is 6.94. The number of alkyl halides is 3. The Labute approximate surface area is 194 Å². The van der Waals surface area contributed by atoms with E-state index in [9.17, 15) is 27.2 Å². The molecule has 1 saturated heterocycles. The van der Waals surface area contributed by atoms with Crippen LogP contribution in [0.1, 0.15) is 41.7 Å². The van der Waals surface area contributed by atoms with Gasteiger partial charge in [0.25, 0.3) is 5.91 Å². The van der Waals surface area contributed by atoms with Crippen LogP contribution in [0, 0.1) is 12.7 Å². The van der Waals surface area contributed by atoms with Gasteiger partial charge in [0.05, 0.1) is 5.52 Å². The van der Waals surface area contributed by atoms with Crippen LogP contribution in [-0.4, -0.2) is 82.2 Å². The number of piperazine rings is 1. The summed E-state index contributed by atoms with van der Waals surface area (Å²) in [5.74, 6) is -1.74. The van der Waals surface area contributed by atoms with Gasteiger partial charge in [0.15, 0.2) is 0 Å². The summed E-state index contributed by atoms with van der Waals surface area (Å²) in [7, 11) is 0. The van der Waals surface area contributed by atoms with E-state index in [2.05, 4.69) is 10.3 Å². The number of nitrogens with one attached hydrogen (secondary N) is 2. The second-order valence-electron chi connectivity index (χ2n) is 9.12. The number of carbonyl (C=O) groups excluding carboxylic acids is 2. The molecule has 2 aromatic rings. The number of amides is 2. The maximum atomic E-state index is 14.1. The highest BCUT2D eigenvalue weighted by Gasteiger charge is 2.49. The summed E-state index contributed by atoms with van der Waals surface area (Å²) < 4.78 is 55.0. The summed E-state index contributed by atoms with van der Waals surface area (Å²) in [6.07, 6.45) is -1.99. The van der Waals surface area contributed by atoms with E-state index >= 15 is 0 Å². The van der Waals surface area contributed by atoms with E-state index in [0.717, 1.165) is 12.0 Å². The number of benzene rings is 1. The number of aryl methyl sites for hydroxylation is 1. The van der Waals surface area contributed by atoms with E-state index in [0.29, 0.717) is 35.1 Å². The lowest BCUT2D eigenvalue weighted by atomic mass is 9.89. The van der Waals surface area contributed by atoms with E-state index < -0.39 is 30.5 Å². The van der Waals surface area contributed by atoms with Crippen molar-refractivity contribution >= 4 is 22.7 Å². The van der Waals surface area contributed by atoms with E-state index in [1.807, 2.05) is 6.92 Å². The lowest BCUT2D eigenvalue weighted by Crippen LogP contribution is -2.63. The van der Waals surface area contributed by atoms with Gasteiger partial charge in [0, 0.05) is 37.1 Å². The van der Waals surface area contributed by atoms with Gasteiger partial charge in [0.1, 0.15) is 24.2 Å². The van der Waals surface area contributed by atoms with Crippen molar-refractivity contribution in [2.45, 2.75) is 56.9 Å². The molecule has 0 radical (unpaired) electrons. The summed E-state index contributed by atoms with van der Waals surface area (Å²) in [5, 5.41) is 12.3. The molecule has 3 atom stereocenters. The van der Waals surface area contributed by atoms with Crippen LogP contribution in [-0.2, 0) is 4.79 Å². The Morgan fingerprint density at radius 1 is 1.24 bits per heavy atom. The standard InChI is InChI=1S/C23H28F4N4O3/c1-13-5-6-17(24)16-10-18(29-21(13)16)22(34)28-14-3-2-4-15(9-14)30-7-8-31(20(33)12-32)19(11-30)23(25,26)27/h5-6,10,14-15,19,29,32H,2-4,7-9,11-12H2,1H3,(H,28,34)/t14-,15-,19-/m1/s1. The monoisotopic (exact) mass is 484 g/mol. The smallest absolute Gasteiger partial charge is 0.387 e. The van der Waals surface area contributed by atoms with Crippen LogP contribution in [0.25, 0.3) is 10.9 Å². The second kappa shape index (κ2) is 9.53. The maximum Gasteiger partial charge on any atom is 0.410 e. The molecule has 2 amide bonds. The van der Waals surface area contributed by atoms with Crippen molar-refractivity contribution in [2.24, 2.45) is 0 Å². The lowest BCUT2D eigenvalue weighted by Gasteiger charge is -2.46. The van der Waals surface area contributed by atoms with Crippen molar-refractivity contribution < 1.29 is 32.3 Å². The van der Waals surface area contributed by atoms with Gasteiger partial charge in [-0.2, -0.15) is 13.2 Å². The SMILES string of the molecule is Cc1ccc(F)c2cc(C(=O)N[C@@H]3CCC[C@@H](N4CCN(C(=O)CO)[C@@H](C(F)(F)F)C4)C3)[nH]c12. The minimum atomic E-state index is -4.60. The Kier molecular flexibility index (Phi) is 6.86. The molecule has 0 unspecified atom stereocenters. The largest absolute Gasteiger partial charge is 0.410 e. The number of carbonyl (C=O) groups is 2. The molecule has 1 aromatic heterocycles. The molecule has 1 saturated carbocycles. The van der Waals surface area contributed by atoms with Gasteiger partial charge in [-0.05, 0) is 50.3 Å². The molecule has 4 rings (SSSR count). The molecule has 34 heavy (non-hydrogen) atoms. The van der Waals surface area contributed by atoms with Crippen LogP contribution in [0.2, 0.25) is 0 Å². The fraction of sp³-hybridized carbons (Fsp3) is 0.565. The molecule has 2 aliphatic rings. The third kappa shape index (κ3) is 4.90. The van der Waals surface area contributed by atoms with Gasteiger partial charge in [0.2, 0.25) is 5.91 Å². The molecule has 7 nitrogen and oxygen atoms in total. The zero-order valence-electron chi connectivity index (χ0n) is 18.8. The van der Waals surface area contributed by atoms with Crippen LogP contribution < -0.4 is 5.32 Å². The number of hydrogen-bond acceptors (Lipinski definition) is 4. The molecular formula is C23H28F4N4O3. The van der Waals surface area contributed by atoms with Crippen molar-refractivity contribution in [3.05, 3.63) is 35.3 Å². The van der Waals surface area contributed by atoms with Crippen molar-refractivity contribution in [2.75, 3.05) is 26.2 Å². The number of aromatic nitrogens is 1. The Morgan fingerprint density at radius 3 is 2.68 bits per heavy atom. The number of rotatable bonds is 4. The summed E-state index contributed by atoms with van der Waals surface area (Å²) in [5.41, 5.74) is 1.60. The van der Waals surface area contributed by atoms with Gasteiger partial charge < -0.3 is 20.3 Å². The first-order valence-electron chi connectivity index (χ1n) is 11.4. The molecule has 0 spiro atoms. The number of aliphatic hydroxyl groups excluding tert-OH is 1. The molecule has 0 bridgehead atoms. The lowest BCUT2D eigenvalue weighted by molar-refractivity contribution is -0.204.